The SMILES string of the molecule is Cc1ccc(C)c(CC(F)(F)C(=O)O)c1. The highest BCUT2D eigenvalue weighted by molar-refractivity contribution is 5.75. The maximum atomic E-state index is 12.9. The minimum absolute atomic E-state index is 0.377. The van der Waals surface area contributed by atoms with Gasteiger partial charge in [-0.15, -0.1) is 0 Å². The molecule has 0 aromatic heterocycles. The second-order valence-corrected chi connectivity index (χ2v) is 3.62. The number of aliphatic carboxylic acids is 1. The average Bonchev–Trinajstić information content (AvgIpc) is 2.10. The first-order chi connectivity index (χ1) is 6.83. The molecule has 0 unspecified atom stereocenters. The van der Waals surface area contributed by atoms with Crippen molar-refractivity contribution >= 4 is 5.97 Å². The number of aryl methyl sites for hydroxylation is 2. The third-order valence-electron chi connectivity index (χ3n) is 2.23. The Morgan fingerprint density at radius 3 is 2.53 bits per heavy atom. The van der Waals surface area contributed by atoms with Gasteiger partial charge in [-0.2, -0.15) is 8.78 Å². The normalized spacial score (nSPS) is 11.5. The fourth-order valence-electron chi connectivity index (χ4n) is 1.31. The highest BCUT2D eigenvalue weighted by atomic mass is 19.3. The molecule has 2 nitrogen and oxygen atoms in total. The summed E-state index contributed by atoms with van der Waals surface area (Å²) in [7, 11) is 0. The van der Waals surface area contributed by atoms with Crippen molar-refractivity contribution in [2.75, 3.05) is 0 Å². The number of alkyl halides is 2. The molecule has 82 valence electrons. The van der Waals surface area contributed by atoms with Crippen molar-refractivity contribution in [2.24, 2.45) is 0 Å². The molecule has 0 amide bonds. The lowest BCUT2D eigenvalue weighted by atomic mass is 10.00. The molecule has 0 saturated carbocycles. The van der Waals surface area contributed by atoms with Crippen molar-refractivity contribution < 1.29 is 18.7 Å². The van der Waals surface area contributed by atoms with Gasteiger partial charge in [0, 0.05) is 6.42 Å². The molecule has 15 heavy (non-hydrogen) atoms. The maximum Gasteiger partial charge on any atom is 0.374 e. The first kappa shape index (κ1) is 11.6. The van der Waals surface area contributed by atoms with Crippen LogP contribution < -0.4 is 0 Å². The van der Waals surface area contributed by atoms with Crippen LogP contribution in [0.1, 0.15) is 16.7 Å². The van der Waals surface area contributed by atoms with Gasteiger partial charge in [0.05, 0.1) is 0 Å². The van der Waals surface area contributed by atoms with Crippen molar-refractivity contribution in [1.29, 1.82) is 0 Å². The topological polar surface area (TPSA) is 37.3 Å². The van der Waals surface area contributed by atoms with E-state index in [4.69, 9.17) is 5.11 Å². The van der Waals surface area contributed by atoms with Gasteiger partial charge in [-0.05, 0) is 25.0 Å². The van der Waals surface area contributed by atoms with Crippen LogP contribution >= 0.6 is 0 Å². The van der Waals surface area contributed by atoms with Crippen LogP contribution in [0.5, 0.6) is 0 Å². The molecule has 1 rings (SSSR count). The Balaban J connectivity index is 2.99. The van der Waals surface area contributed by atoms with Gasteiger partial charge in [0.1, 0.15) is 0 Å². The van der Waals surface area contributed by atoms with Crippen LogP contribution in [-0.4, -0.2) is 17.0 Å². The minimum Gasteiger partial charge on any atom is -0.477 e. The van der Waals surface area contributed by atoms with E-state index in [1.165, 1.54) is 0 Å². The summed E-state index contributed by atoms with van der Waals surface area (Å²) < 4.78 is 25.9. The van der Waals surface area contributed by atoms with Gasteiger partial charge < -0.3 is 5.11 Å². The molecule has 0 saturated heterocycles. The monoisotopic (exact) mass is 214 g/mol. The molecule has 1 aromatic rings. The van der Waals surface area contributed by atoms with Gasteiger partial charge in [-0.1, -0.05) is 23.8 Å². The molecule has 0 aliphatic heterocycles. The smallest absolute Gasteiger partial charge is 0.374 e. The fourth-order valence-corrected chi connectivity index (χ4v) is 1.31. The van der Waals surface area contributed by atoms with Crippen LogP contribution in [0, 0.1) is 13.8 Å². The van der Waals surface area contributed by atoms with Gasteiger partial charge in [-0.3, -0.25) is 0 Å². The number of halogens is 2. The van der Waals surface area contributed by atoms with E-state index in [9.17, 15) is 13.6 Å². The summed E-state index contributed by atoms with van der Waals surface area (Å²) in [4.78, 5) is 10.3. The van der Waals surface area contributed by atoms with Crippen LogP contribution in [-0.2, 0) is 11.2 Å². The summed E-state index contributed by atoms with van der Waals surface area (Å²) in [6, 6.07) is 5.10. The van der Waals surface area contributed by atoms with Crippen LogP contribution in [0.3, 0.4) is 0 Å². The van der Waals surface area contributed by atoms with E-state index in [1.54, 1.807) is 32.0 Å². The molecular formula is C11H12F2O2. The third kappa shape index (κ3) is 2.75. The van der Waals surface area contributed by atoms with E-state index < -0.39 is 18.3 Å². The van der Waals surface area contributed by atoms with E-state index >= 15 is 0 Å². The molecule has 4 heteroatoms. The fraction of sp³-hybridized carbons (Fsp3) is 0.364. The lowest BCUT2D eigenvalue weighted by Gasteiger charge is -2.13. The zero-order chi connectivity index (χ0) is 11.6. The minimum atomic E-state index is -3.70. The highest BCUT2D eigenvalue weighted by Gasteiger charge is 2.39. The largest absolute Gasteiger partial charge is 0.477 e. The number of carbonyl (C=O) groups is 1. The van der Waals surface area contributed by atoms with Crippen molar-refractivity contribution in [3.63, 3.8) is 0 Å². The lowest BCUT2D eigenvalue weighted by molar-refractivity contribution is -0.164. The zero-order valence-electron chi connectivity index (χ0n) is 8.55. The predicted octanol–water partition coefficient (Wildman–Crippen LogP) is 2.57. The zero-order valence-corrected chi connectivity index (χ0v) is 8.55. The van der Waals surface area contributed by atoms with Crippen LogP contribution in [0.15, 0.2) is 18.2 Å². The number of hydrogen-bond donors (Lipinski definition) is 1. The molecule has 0 atom stereocenters. The Hall–Kier alpha value is -1.45. The Labute approximate surface area is 86.5 Å². The Kier molecular flexibility index (Phi) is 3.07. The molecule has 0 aliphatic rings. The Morgan fingerprint density at radius 2 is 2.00 bits per heavy atom. The van der Waals surface area contributed by atoms with Crippen molar-refractivity contribution in [3.05, 3.63) is 34.9 Å². The molecule has 0 heterocycles. The summed E-state index contributed by atoms with van der Waals surface area (Å²) in [5.41, 5.74) is 1.90. The summed E-state index contributed by atoms with van der Waals surface area (Å²) in [5, 5.41) is 8.31. The van der Waals surface area contributed by atoms with E-state index in [2.05, 4.69) is 0 Å². The number of benzene rings is 1. The van der Waals surface area contributed by atoms with Gasteiger partial charge in [-0.25, -0.2) is 4.79 Å². The van der Waals surface area contributed by atoms with Gasteiger partial charge in [0.2, 0.25) is 0 Å². The van der Waals surface area contributed by atoms with Crippen LogP contribution in [0.2, 0.25) is 0 Å². The first-order valence-corrected chi connectivity index (χ1v) is 4.50. The van der Waals surface area contributed by atoms with Crippen molar-refractivity contribution in [1.82, 2.24) is 0 Å². The standard InChI is InChI=1S/C11H12F2O2/c1-7-3-4-8(2)9(5-7)6-11(12,13)10(14)15/h3-5H,6H2,1-2H3,(H,14,15). The average molecular weight is 214 g/mol. The summed E-state index contributed by atoms with van der Waals surface area (Å²) in [5.74, 6) is -5.78. The number of rotatable bonds is 3. The molecule has 0 radical (unpaired) electrons. The Morgan fingerprint density at radius 1 is 1.40 bits per heavy atom. The number of hydrogen-bond acceptors (Lipinski definition) is 1. The van der Waals surface area contributed by atoms with Gasteiger partial charge in [0.15, 0.2) is 0 Å². The quantitative estimate of drug-likeness (QED) is 0.839. The maximum absolute atomic E-state index is 12.9. The molecule has 0 fully saturated rings. The summed E-state index contributed by atoms with van der Waals surface area (Å²) in [6.45, 7) is 3.47. The van der Waals surface area contributed by atoms with Gasteiger partial charge in [0.25, 0.3) is 0 Å². The number of carboxylic acid groups (broad SMARTS) is 1. The highest BCUT2D eigenvalue weighted by Crippen LogP contribution is 2.23. The Bertz CT molecular complexity index is 386. The second kappa shape index (κ2) is 3.96. The van der Waals surface area contributed by atoms with E-state index in [-0.39, 0.29) is 0 Å². The van der Waals surface area contributed by atoms with E-state index in [0.717, 1.165) is 5.56 Å². The molecule has 0 spiro atoms. The third-order valence-corrected chi connectivity index (χ3v) is 2.23. The lowest BCUT2D eigenvalue weighted by Crippen LogP contribution is -2.30. The van der Waals surface area contributed by atoms with Crippen LogP contribution in [0.4, 0.5) is 8.78 Å². The number of carboxylic acids is 1. The van der Waals surface area contributed by atoms with Gasteiger partial charge >= 0.3 is 11.9 Å². The molecule has 0 bridgehead atoms. The molecule has 1 N–H and O–H groups in total. The predicted molar refractivity (Wildman–Crippen MR) is 52.2 cm³/mol. The molecular weight excluding hydrogens is 202 g/mol. The van der Waals surface area contributed by atoms with E-state index in [0.29, 0.717) is 11.1 Å². The van der Waals surface area contributed by atoms with E-state index in [1.807, 2.05) is 0 Å². The van der Waals surface area contributed by atoms with Crippen LogP contribution in [0.25, 0.3) is 0 Å². The van der Waals surface area contributed by atoms with Crippen molar-refractivity contribution in [3.8, 4) is 0 Å². The summed E-state index contributed by atoms with van der Waals surface area (Å²) >= 11 is 0. The molecule has 0 aliphatic carbocycles. The van der Waals surface area contributed by atoms with Crippen molar-refractivity contribution in [2.45, 2.75) is 26.2 Å². The molecule has 1 aromatic carbocycles. The second-order valence-electron chi connectivity index (χ2n) is 3.62. The summed E-state index contributed by atoms with van der Waals surface area (Å²) in [6.07, 6.45) is -0.754. The first-order valence-electron chi connectivity index (χ1n) is 4.50.